The van der Waals surface area contributed by atoms with E-state index in [-0.39, 0.29) is 29.8 Å². The fourth-order valence-corrected chi connectivity index (χ4v) is 8.52. The van der Waals surface area contributed by atoms with Gasteiger partial charge in [-0.25, -0.2) is 9.69 Å². The lowest BCUT2D eigenvalue weighted by Crippen LogP contribution is -2.33. The third-order valence-electron chi connectivity index (χ3n) is 7.55. The summed E-state index contributed by atoms with van der Waals surface area (Å²) in [6, 6.07) is 21.0. The average molecular weight is 693 g/mol. The second-order valence-electron chi connectivity index (χ2n) is 10.4. The number of aromatic nitrogens is 1. The second-order valence-corrected chi connectivity index (χ2v) is 13.4. The number of halogens is 1. The molecule has 0 radical (unpaired) electrons. The van der Waals surface area contributed by atoms with Crippen molar-refractivity contribution in [2.24, 2.45) is 5.92 Å². The maximum Gasteiger partial charge on any atom is 0.338 e. The number of thiazole rings is 1. The summed E-state index contributed by atoms with van der Waals surface area (Å²) < 4.78 is 7.29. The summed E-state index contributed by atoms with van der Waals surface area (Å²) in [6.45, 7) is 3.65. The summed E-state index contributed by atoms with van der Waals surface area (Å²) in [5.74, 6) is -3.04. The van der Waals surface area contributed by atoms with Gasteiger partial charge in [-0.2, -0.15) is 0 Å². The fraction of sp³-hybridized carbons (Fsp3) is 0.219. The molecule has 2 aliphatic rings. The van der Waals surface area contributed by atoms with Gasteiger partial charge in [0.2, 0.25) is 17.7 Å². The van der Waals surface area contributed by atoms with E-state index in [9.17, 15) is 24.0 Å². The van der Waals surface area contributed by atoms with Gasteiger partial charge in [0, 0.05) is 21.0 Å². The maximum absolute atomic E-state index is 14.1. The quantitative estimate of drug-likeness (QED) is 0.198. The van der Waals surface area contributed by atoms with E-state index in [2.05, 4.69) is 21.2 Å². The number of imide groups is 1. The van der Waals surface area contributed by atoms with Crippen LogP contribution in [0.1, 0.15) is 39.2 Å². The first-order valence-electron chi connectivity index (χ1n) is 13.8. The van der Waals surface area contributed by atoms with Crippen LogP contribution >= 0.6 is 39.0 Å². The molecule has 0 bridgehead atoms. The van der Waals surface area contributed by atoms with Crippen LogP contribution in [-0.2, 0) is 25.7 Å². The standard InChI is InChI=1S/C32H26BrN3O6S2/c1-3-42-31(40)19-8-14-22(15-9-19)36-28(38)25-24(18-6-10-20(33)11-7-18)27-30(43-26(25)29(36)39)35(32(41)44-27)16-23(37)34-21-12-4-17(2)5-13-21/h4-15,24-26H,3,16H2,1-2H3,(H,34,37)/t24-,25-,26+/m0/s1. The number of nitrogens with one attached hydrogen (secondary N) is 1. The Morgan fingerprint density at radius 3 is 2.27 bits per heavy atom. The molecule has 12 heteroatoms. The highest BCUT2D eigenvalue weighted by molar-refractivity contribution is 9.10. The van der Waals surface area contributed by atoms with Crippen LogP contribution in [0.4, 0.5) is 11.4 Å². The Morgan fingerprint density at radius 1 is 0.932 bits per heavy atom. The van der Waals surface area contributed by atoms with Gasteiger partial charge in [0.15, 0.2) is 0 Å². The van der Waals surface area contributed by atoms with E-state index in [1.807, 2.05) is 43.3 Å². The van der Waals surface area contributed by atoms with E-state index >= 15 is 0 Å². The van der Waals surface area contributed by atoms with Crippen molar-refractivity contribution in [3.63, 3.8) is 0 Å². The summed E-state index contributed by atoms with van der Waals surface area (Å²) in [5.41, 5.74) is 3.10. The van der Waals surface area contributed by atoms with Crippen molar-refractivity contribution in [1.82, 2.24) is 4.57 Å². The van der Waals surface area contributed by atoms with Crippen molar-refractivity contribution >= 4 is 74.1 Å². The van der Waals surface area contributed by atoms with Crippen LogP contribution in [0.15, 0.2) is 87.1 Å². The van der Waals surface area contributed by atoms with Gasteiger partial charge < -0.3 is 10.1 Å². The molecule has 3 amide bonds. The molecular weight excluding hydrogens is 666 g/mol. The molecule has 3 aromatic carbocycles. The van der Waals surface area contributed by atoms with Crippen LogP contribution in [0.2, 0.25) is 0 Å². The van der Waals surface area contributed by atoms with Gasteiger partial charge in [0.25, 0.3) is 0 Å². The zero-order valence-corrected chi connectivity index (χ0v) is 26.8. The molecule has 6 rings (SSSR count). The number of carbonyl (C=O) groups is 4. The van der Waals surface area contributed by atoms with Crippen molar-refractivity contribution < 1.29 is 23.9 Å². The predicted molar refractivity (Wildman–Crippen MR) is 172 cm³/mol. The molecule has 1 N–H and O–H groups in total. The van der Waals surface area contributed by atoms with Crippen LogP contribution in [0.5, 0.6) is 0 Å². The highest BCUT2D eigenvalue weighted by atomic mass is 79.9. The number of nitrogens with zero attached hydrogens (tertiary/aromatic N) is 2. The Morgan fingerprint density at radius 2 is 1.61 bits per heavy atom. The lowest BCUT2D eigenvalue weighted by Gasteiger charge is -2.30. The summed E-state index contributed by atoms with van der Waals surface area (Å²) in [7, 11) is 0. The minimum absolute atomic E-state index is 0.227. The summed E-state index contributed by atoms with van der Waals surface area (Å²) in [6.07, 6.45) is 0. The van der Waals surface area contributed by atoms with Crippen LogP contribution in [0, 0.1) is 12.8 Å². The first-order chi connectivity index (χ1) is 21.2. The van der Waals surface area contributed by atoms with Crippen molar-refractivity contribution in [2.45, 2.75) is 36.6 Å². The second kappa shape index (κ2) is 12.2. The van der Waals surface area contributed by atoms with Gasteiger partial charge >= 0.3 is 10.8 Å². The third-order valence-corrected chi connectivity index (χ3v) is 10.7. The highest BCUT2D eigenvalue weighted by Crippen LogP contribution is 2.54. The minimum Gasteiger partial charge on any atom is -0.462 e. The number of esters is 1. The van der Waals surface area contributed by atoms with E-state index in [0.717, 1.165) is 43.6 Å². The number of ether oxygens (including phenoxy) is 1. The number of hydrogen-bond donors (Lipinski definition) is 1. The van der Waals surface area contributed by atoms with E-state index < -0.39 is 29.0 Å². The average Bonchev–Trinajstić information content (AvgIpc) is 3.45. The molecule has 3 heterocycles. The van der Waals surface area contributed by atoms with Crippen molar-refractivity contribution in [1.29, 1.82) is 0 Å². The number of anilines is 2. The maximum atomic E-state index is 14.1. The monoisotopic (exact) mass is 691 g/mol. The summed E-state index contributed by atoms with van der Waals surface area (Å²) in [4.78, 5) is 68.0. The molecule has 1 fully saturated rings. The molecule has 2 aliphatic heterocycles. The lowest BCUT2D eigenvalue weighted by molar-refractivity contribution is -0.122. The Hall–Kier alpha value is -4.00. The van der Waals surface area contributed by atoms with Gasteiger partial charge in [-0.15, -0.1) is 0 Å². The van der Waals surface area contributed by atoms with Gasteiger partial charge in [0.1, 0.15) is 11.8 Å². The normalized spacial score (nSPS) is 19.0. The number of amides is 3. The largest absolute Gasteiger partial charge is 0.462 e. The van der Waals surface area contributed by atoms with Crippen LogP contribution in [-0.4, -0.2) is 40.1 Å². The number of benzene rings is 3. The van der Waals surface area contributed by atoms with Crippen LogP contribution in [0.25, 0.3) is 0 Å². The predicted octanol–water partition coefficient (Wildman–Crippen LogP) is 5.59. The molecule has 0 spiro atoms. The van der Waals surface area contributed by atoms with Crippen molar-refractivity contribution in [2.75, 3.05) is 16.8 Å². The number of thioether (sulfide) groups is 1. The molecule has 1 saturated heterocycles. The van der Waals surface area contributed by atoms with Gasteiger partial charge in [0.05, 0.1) is 28.8 Å². The number of carbonyl (C=O) groups excluding carboxylic acids is 4. The molecule has 0 saturated carbocycles. The number of rotatable bonds is 7. The Kier molecular flexibility index (Phi) is 8.32. The molecule has 224 valence electrons. The third kappa shape index (κ3) is 5.53. The molecule has 4 aromatic rings. The minimum atomic E-state index is -0.825. The number of aryl methyl sites for hydroxylation is 1. The van der Waals surface area contributed by atoms with E-state index in [4.69, 9.17) is 4.74 Å². The fourth-order valence-electron chi connectivity index (χ4n) is 5.48. The first-order valence-corrected chi connectivity index (χ1v) is 16.3. The van der Waals surface area contributed by atoms with Gasteiger partial charge in [-0.05, 0) is 67.9 Å². The van der Waals surface area contributed by atoms with Gasteiger partial charge in [-0.1, -0.05) is 68.9 Å². The first kappa shape index (κ1) is 30.0. The van der Waals surface area contributed by atoms with Crippen LogP contribution in [0.3, 0.4) is 0 Å². The Bertz CT molecular complexity index is 1830. The molecule has 3 atom stereocenters. The van der Waals surface area contributed by atoms with Crippen molar-refractivity contribution in [3.05, 3.63) is 109 Å². The van der Waals surface area contributed by atoms with E-state index in [1.54, 1.807) is 31.2 Å². The van der Waals surface area contributed by atoms with Gasteiger partial charge in [-0.3, -0.25) is 23.7 Å². The summed E-state index contributed by atoms with van der Waals surface area (Å²) in [5, 5.41) is 2.51. The molecule has 1 aromatic heterocycles. The smallest absolute Gasteiger partial charge is 0.338 e. The molecule has 44 heavy (non-hydrogen) atoms. The van der Waals surface area contributed by atoms with E-state index in [0.29, 0.717) is 26.8 Å². The molecule has 0 unspecified atom stereocenters. The topological polar surface area (TPSA) is 115 Å². The van der Waals surface area contributed by atoms with Crippen molar-refractivity contribution in [3.8, 4) is 0 Å². The lowest BCUT2D eigenvalue weighted by atomic mass is 9.83. The summed E-state index contributed by atoms with van der Waals surface area (Å²) >= 11 is 5.60. The zero-order chi connectivity index (χ0) is 31.1. The van der Waals surface area contributed by atoms with Crippen LogP contribution < -0.4 is 15.1 Å². The molecular formula is C32H26BrN3O6S2. The van der Waals surface area contributed by atoms with E-state index in [1.165, 1.54) is 16.7 Å². The SMILES string of the molecule is CCOC(=O)c1ccc(N2C(=O)[C@H]3[C@H](c4ccc(Br)cc4)c4sc(=O)n(CC(=O)Nc5ccc(C)cc5)c4S[C@H]3C2=O)cc1. The zero-order valence-electron chi connectivity index (χ0n) is 23.6. The Balaban J connectivity index is 1.36. The Labute approximate surface area is 269 Å². The number of hydrogen-bond acceptors (Lipinski definition) is 8. The number of fused-ring (bicyclic) bond motifs is 2. The molecule has 0 aliphatic carbocycles. The molecule has 9 nitrogen and oxygen atoms in total. The highest BCUT2D eigenvalue weighted by Gasteiger charge is 2.56.